The molecule has 2 heterocycles. The van der Waals surface area contributed by atoms with Gasteiger partial charge in [-0.25, -0.2) is 4.90 Å². The Morgan fingerprint density at radius 1 is 1.04 bits per heavy atom. The molecule has 2 atom stereocenters. The summed E-state index contributed by atoms with van der Waals surface area (Å²) in [6.45, 7) is 1.33. The van der Waals surface area contributed by atoms with Crippen molar-refractivity contribution in [2.75, 3.05) is 9.91 Å². The van der Waals surface area contributed by atoms with Gasteiger partial charge in [-0.2, -0.15) is 5.10 Å². The lowest BCUT2D eigenvalue weighted by molar-refractivity contribution is -0.122. The first-order valence-corrected chi connectivity index (χ1v) is 8.92. The summed E-state index contributed by atoms with van der Waals surface area (Å²) in [7, 11) is 0. The maximum atomic E-state index is 13.2. The number of Topliss-reactive ketones (excluding diaryl/α,β-unsaturated/α-hetero) is 1. The van der Waals surface area contributed by atoms with E-state index in [9.17, 15) is 14.4 Å². The number of hydrogen-bond donors (Lipinski definition) is 0. The molecule has 2 aliphatic rings. The number of ketones is 1. The Hall–Kier alpha value is -2.70. The van der Waals surface area contributed by atoms with E-state index in [-0.39, 0.29) is 22.2 Å². The Balaban J connectivity index is 1.83. The van der Waals surface area contributed by atoms with E-state index in [0.29, 0.717) is 10.7 Å². The van der Waals surface area contributed by atoms with E-state index in [1.54, 1.807) is 48.5 Å². The van der Waals surface area contributed by atoms with Crippen molar-refractivity contribution in [2.45, 2.75) is 13.0 Å². The maximum Gasteiger partial charge on any atom is 0.259 e. The fourth-order valence-electron chi connectivity index (χ4n) is 3.41. The van der Waals surface area contributed by atoms with E-state index in [2.05, 4.69) is 5.10 Å². The molecule has 2 aromatic rings. The average molecular weight is 402 g/mol. The average Bonchev–Trinajstić information content (AvgIpc) is 3.14. The van der Waals surface area contributed by atoms with E-state index in [4.69, 9.17) is 23.2 Å². The standard InChI is InChI=1S/C19H13Cl2N3O3/c1-10(25)16-15-17(24(22-16)12-6-4-5-11(20)9-12)19(27)23(18(15)26)14-8-3-2-7-13(14)21/h2-9,15,17H,1H3/t15-,17-/m0/s1. The summed E-state index contributed by atoms with van der Waals surface area (Å²) in [5.41, 5.74) is 0.862. The number of amides is 2. The van der Waals surface area contributed by atoms with Crippen molar-refractivity contribution in [1.82, 2.24) is 0 Å². The van der Waals surface area contributed by atoms with Gasteiger partial charge in [-0.1, -0.05) is 41.4 Å². The van der Waals surface area contributed by atoms with Crippen LogP contribution < -0.4 is 9.91 Å². The zero-order valence-electron chi connectivity index (χ0n) is 14.1. The molecule has 2 amide bonds. The molecular formula is C19H13Cl2N3O3. The molecule has 2 aromatic carbocycles. The number of halogens is 2. The Labute approximate surface area is 165 Å². The van der Waals surface area contributed by atoms with Crippen LogP contribution in [-0.2, 0) is 14.4 Å². The minimum atomic E-state index is -0.981. The molecule has 1 fully saturated rings. The molecule has 2 aliphatic heterocycles. The molecule has 0 unspecified atom stereocenters. The normalized spacial score (nSPS) is 21.5. The van der Waals surface area contributed by atoms with Gasteiger partial charge in [0.2, 0.25) is 5.91 Å². The van der Waals surface area contributed by atoms with Gasteiger partial charge in [0.05, 0.1) is 16.4 Å². The lowest BCUT2D eigenvalue weighted by Crippen LogP contribution is -2.39. The molecule has 0 bridgehead atoms. The van der Waals surface area contributed by atoms with Gasteiger partial charge in [0, 0.05) is 11.9 Å². The van der Waals surface area contributed by atoms with Gasteiger partial charge in [-0.15, -0.1) is 0 Å². The number of fused-ring (bicyclic) bond motifs is 1. The molecule has 0 radical (unpaired) electrons. The fourth-order valence-corrected chi connectivity index (χ4v) is 3.81. The Bertz CT molecular complexity index is 1020. The molecule has 1 saturated heterocycles. The molecule has 136 valence electrons. The number of carbonyl (C=O) groups excluding carboxylic acids is 3. The van der Waals surface area contributed by atoms with Crippen molar-refractivity contribution >= 4 is 57.9 Å². The number of hydrogen-bond acceptors (Lipinski definition) is 5. The highest BCUT2D eigenvalue weighted by Gasteiger charge is 2.58. The van der Waals surface area contributed by atoms with Crippen molar-refractivity contribution in [3.8, 4) is 0 Å². The highest BCUT2D eigenvalue weighted by atomic mass is 35.5. The number of benzene rings is 2. The van der Waals surface area contributed by atoms with Crippen LogP contribution in [0.2, 0.25) is 10.0 Å². The van der Waals surface area contributed by atoms with Crippen LogP contribution in [0.1, 0.15) is 6.92 Å². The summed E-state index contributed by atoms with van der Waals surface area (Å²) < 4.78 is 0. The Kier molecular flexibility index (Phi) is 4.25. The number of nitrogens with zero attached hydrogens (tertiary/aromatic N) is 3. The third-order valence-corrected chi connectivity index (χ3v) is 5.13. The van der Waals surface area contributed by atoms with E-state index < -0.39 is 23.8 Å². The summed E-state index contributed by atoms with van der Waals surface area (Å²) in [5.74, 6) is -2.35. The number of carbonyl (C=O) groups is 3. The smallest absolute Gasteiger partial charge is 0.259 e. The van der Waals surface area contributed by atoms with Gasteiger partial charge in [-0.3, -0.25) is 19.4 Å². The van der Waals surface area contributed by atoms with Crippen LogP contribution in [0, 0.1) is 5.92 Å². The van der Waals surface area contributed by atoms with Crippen LogP contribution in [-0.4, -0.2) is 29.4 Å². The zero-order chi connectivity index (χ0) is 19.3. The maximum absolute atomic E-state index is 13.2. The quantitative estimate of drug-likeness (QED) is 0.739. The van der Waals surface area contributed by atoms with E-state index in [0.717, 1.165) is 4.90 Å². The second kappa shape index (κ2) is 6.48. The first-order valence-electron chi connectivity index (χ1n) is 8.16. The van der Waals surface area contributed by atoms with Crippen LogP contribution >= 0.6 is 23.2 Å². The number of anilines is 2. The molecule has 6 nitrogen and oxygen atoms in total. The van der Waals surface area contributed by atoms with Crippen molar-refractivity contribution in [2.24, 2.45) is 11.0 Å². The number of imide groups is 1. The predicted octanol–water partition coefficient (Wildman–Crippen LogP) is 3.32. The molecule has 8 heteroatoms. The van der Waals surface area contributed by atoms with Crippen LogP contribution in [0.5, 0.6) is 0 Å². The van der Waals surface area contributed by atoms with Crippen molar-refractivity contribution in [3.63, 3.8) is 0 Å². The minimum Gasteiger partial charge on any atom is -0.293 e. The number of rotatable bonds is 3. The SMILES string of the molecule is CC(=O)C1=NN(c2cccc(Cl)c2)[C@@H]2C(=O)N(c3ccccc3Cl)C(=O)[C@@H]12. The molecule has 0 aromatic heterocycles. The summed E-state index contributed by atoms with van der Waals surface area (Å²) >= 11 is 12.2. The second-order valence-electron chi connectivity index (χ2n) is 6.25. The fraction of sp³-hybridized carbons (Fsp3) is 0.158. The molecule has 4 rings (SSSR count). The largest absolute Gasteiger partial charge is 0.293 e. The van der Waals surface area contributed by atoms with Gasteiger partial charge in [0.1, 0.15) is 17.7 Å². The highest BCUT2D eigenvalue weighted by Crippen LogP contribution is 2.40. The molecular weight excluding hydrogens is 389 g/mol. The lowest BCUT2D eigenvalue weighted by Gasteiger charge is -2.22. The predicted molar refractivity (Wildman–Crippen MR) is 103 cm³/mol. The van der Waals surface area contributed by atoms with E-state index in [1.165, 1.54) is 11.9 Å². The van der Waals surface area contributed by atoms with Crippen molar-refractivity contribution < 1.29 is 14.4 Å². The van der Waals surface area contributed by atoms with Gasteiger partial charge in [0.25, 0.3) is 5.91 Å². The Morgan fingerprint density at radius 3 is 2.44 bits per heavy atom. The zero-order valence-corrected chi connectivity index (χ0v) is 15.6. The van der Waals surface area contributed by atoms with Crippen LogP contribution in [0.15, 0.2) is 53.6 Å². The topological polar surface area (TPSA) is 70.1 Å². The summed E-state index contributed by atoms with van der Waals surface area (Å²) in [6.07, 6.45) is 0. The summed E-state index contributed by atoms with van der Waals surface area (Å²) in [5, 5.41) is 6.40. The van der Waals surface area contributed by atoms with Crippen LogP contribution in [0.3, 0.4) is 0 Å². The molecule has 0 saturated carbocycles. The first-order chi connectivity index (χ1) is 12.9. The van der Waals surface area contributed by atoms with Gasteiger partial charge >= 0.3 is 0 Å². The van der Waals surface area contributed by atoms with Crippen molar-refractivity contribution in [1.29, 1.82) is 0 Å². The van der Waals surface area contributed by atoms with Gasteiger partial charge < -0.3 is 0 Å². The molecule has 27 heavy (non-hydrogen) atoms. The highest BCUT2D eigenvalue weighted by molar-refractivity contribution is 6.49. The second-order valence-corrected chi connectivity index (χ2v) is 7.10. The number of hydrazone groups is 1. The molecule has 0 spiro atoms. The number of para-hydroxylation sites is 1. The third-order valence-electron chi connectivity index (χ3n) is 4.58. The van der Waals surface area contributed by atoms with E-state index >= 15 is 0 Å². The Morgan fingerprint density at radius 2 is 1.78 bits per heavy atom. The molecule has 0 aliphatic carbocycles. The third kappa shape index (κ3) is 2.72. The van der Waals surface area contributed by atoms with Crippen LogP contribution in [0.25, 0.3) is 0 Å². The molecule has 0 N–H and O–H groups in total. The monoisotopic (exact) mass is 401 g/mol. The van der Waals surface area contributed by atoms with Gasteiger partial charge in [0.15, 0.2) is 5.78 Å². The minimum absolute atomic E-state index is 0.0490. The lowest BCUT2D eigenvalue weighted by atomic mass is 9.95. The van der Waals surface area contributed by atoms with E-state index in [1.807, 2.05) is 0 Å². The summed E-state index contributed by atoms with van der Waals surface area (Å²) in [6, 6.07) is 12.4. The van der Waals surface area contributed by atoms with Crippen molar-refractivity contribution in [3.05, 3.63) is 58.6 Å². The first kappa shape index (κ1) is 17.7. The van der Waals surface area contributed by atoms with Gasteiger partial charge in [-0.05, 0) is 30.3 Å². The van der Waals surface area contributed by atoms with Crippen LogP contribution in [0.4, 0.5) is 11.4 Å². The summed E-state index contributed by atoms with van der Waals surface area (Å²) in [4.78, 5) is 39.4.